The molecule has 1 atom stereocenters. The summed E-state index contributed by atoms with van der Waals surface area (Å²) in [6.07, 6.45) is 8.00. The molecule has 1 spiro atoms. The summed E-state index contributed by atoms with van der Waals surface area (Å²) in [5.41, 5.74) is 0.572. The zero-order chi connectivity index (χ0) is 14.7. The maximum Gasteiger partial charge on any atom is 0.122 e. The van der Waals surface area contributed by atoms with Crippen molar-refractivity contribution in [3.63, 3.8) is 0 Å². The first-order valence-electron chi connectivity index (χ1n) is 8.23. The molecule has 0 unspecified atom stereocenters. The highest BCUT2D eigenvalue weighted by Crippen LogP contribution is 2.55. The van der Waals surface area contributed by atoms with Crippen molar-refractivity contribution in [2.24, 2.45) is 5.41 Å². The van der Waals surface area contributed by atoms with Crippen LogP contribution in [0.25, 0.3) is 0 Å². The Labute approximate surface area is 127 Å². The fraction of sp³-hybridized carbons (Fsp3) is 0.812. The molecule has 1 aromatic heterocycles. The van der Waals surface area contributed by atoms with Crippen LogP contribution in [0.4, 0.5) is 0 Å². The van der Waals surface area contributed by atoms with Crippen molar-refractivity contribution in [1.29, 1.82) is 0 Å². The van der Waals surface area contributed by atoms with E-state index in [1.807, 2.05) is 6.20 Å². The molecule has 118 valence electrons. The van der Waals surface area contributed by atoms with Crippen molar-refractivity contribution in [2.75, 3.05) is 33.4 Å². The molecule has 1 aliphatic carbocycles. The van der Waals surface area contributed by atoms with Gasteiger partial charge in [-0.15, -0.1) is 0 Å². The fourth-order valence-corrected chi connectivity index (χ4v) is 3.82. The summed E-state index contributed by atoms with van der Waals surface area (Å²) in [5.74, 6) is 1.18. The summed E-state index contributed by atoms with van der Waals surface area (Å²) < 4.78 is 7.57. The third-order valence-corrected chi connectivity index (χ3v) is 5.26. The van der Waals surface area contributed by atoms with E-state index in [9.17, 15) is 0 Å². The highest BCUT2D eigenvalue weighted by Gasteiger charge is 2.56. The van der Waals surface area contributed by atoms with E-state index in [4.69, 9.17) is 4.74 Å². The summed E-state index contributed by atoms with van der Waals surface area (Å²) in [6, 6.07) is 0.719. The van der Waals surface area contributed by atoms with Gasteiger partial charge in [0.1, 0.15) is 5.82 Å². The molecule has 0 bridgehead atoms. The monoisotopic (exact) mass is 292 g/mol. The second-order valence-corrected chi connectivity index (χ2v) is 6.43. The molecule has 1 saturated carbocycles. The average molecular weight is 292 g/mol. The first-order chi connectivity index (χ1) is 10.3. The Morgan fingerprint density at radius 1 is 1.48 bits per heavy atom. The molecule has 5 nitrogen and oxygen atoms in total. The normalized spacial score (nSPS) is 23.9. The summed E-state index contributed by atoms with van der Waals surface area (Å²) in [6.45, 7) is 8.29. The molecular formula is C16H28N4O. The number of nitrogens with one attached hydrogen (secondary N) is 1. The number of ether oxygens (including phenoxy) is 1. The molecule has 21 heavy (non-hydrogen) atoms. The summed E-state index contributed by atoms with van der Waals surface area (Å²) in [4.78, 5) is 7.15. The zero-order valence-electron chi connectivity index (χ0n) is 13.3. The molecule has 0 radical (unpaired) electrons. The van der Waals surface area contributed by atoms with Crippen LogP contribution in [0.3, 0.4) is 0 Å². The van der Waals surface area contributed by atoms with Crippen molar-refractivity contribution in [3.8, 4) is 0 Å². The fourth-order valence-electron chi connectivity index (χ4n) is 3.82. The van der Waals surface area contributed by atoms with E-state index >= 15 is 0 Å². The third kappa shape index (κ3) is 3.15. The van der Waals surface area contributed by atoms with Gasteiger partial charge in [-0.2, -0.15) is 0 Å². The van der Waals surface area contributed by atoms with Gasteiger partial charge in [-0.3, -0.25) is 4.90 Å². The molecule has 1 N–H and O–H groups in total. The molecular weight excluding hydrogens is 264 g/mol. The van der Waals surface area contributed by atoms with Crippen molar-refractivity contribution >= 4 is 0 Å². The number of methoxy groups -OCH3 is 1. The lowest BCUT2D eigenvalue weighted by atomic mass is 9.93. The molecule has 2 aliphatic rings. The van der Waals surface area contributed by atoms with Gasteiger partial charge in [-0.05, 0) is 44.7 Å². The van der Waals surface area contributed by atoms with E-state index in [1.54, 1.807) is 7.11 Å². The zero-order valence-corrected chi connectivity index (χ0v) is 13.3. The first-order valence-corrected chi connectivity index (χ1v) is 8.23. The van der Waals surface area contributed by atoms with Crippen LogP contribution in [0.2, 0.25) is 0 Å². The van der Waals surface area contributed by atoms with Crippen molar-refractivity contribution in [3.05, 3.63) is 18.2 Å². The second kappa shape index (κ2) is 6.46. The number of hydrogen-bond donors (Lipinski definition) is 1. The van der Waals surface area contributed by atoms with E-state index in [0.717, 1.165) is 32.3 Å². The Balaban J connectivity index is 1.67. The minimum absolute atomic E-state index is 0.572. The highest BCUT2D eigenvalue weighted by atomic mass is 16.5. The van der Waals surface area contributed by atoms with Crippen LogP contribution < -0.4 is 5.32 Å². The molecule has 0 amide bonds. The minimum atomic E-state index is 0.572. The van der Waals surface area contributed by atoms with Crippen LogP contribution in [-0.4, -0.2) is 53.8 Å². The Bertz CT molecular complexity index is 453. The summed E-state index contributed by atoms with van der Waals surface area (Å²) >= 11 is 0. The number of rotatable bonds is 7. The highest BCUT2D eigenvalue weighted by molar-refractivity contribution is 5.11. The smallest absolute Gasteiger partial charge is 0.122 e. The predicted molar refractivity (Wildman–Crippen MR) is 83.1 cm³/mol. The summed E-state index contributed by atoms with van der Waals surface area (Å²) in [5, 5.41) is 3.49. The molecule has 2 fully saturated rings. The van der Waals surface area contributed by atoms with Crippen LogP contribution >= 0.6 is 0 Å². The van der Waals surface area contributed by atoms with Gasteiger partial charge in [0, 0.05) is 38.6 Å². The van der Waals surface area contributed by atoms with Crippen LogP contribution in [-0.2, 0) is 17.8 Å². The quantitative estimate of drug-likeness (QED) is 0.827. The van der Waals surface area contributed by atoms with Gasteiger partial charge in [0.2, 0.25) is 0 Å². The van der Waals surface area contributed by atoms with Gasteiger partial charge in [0.25, 0.3) is 0 Å². The Morgan fingerprint density at radius 2 is 2.29 bits per heavy atom. The molecule has 5 heteroatoms. The van der Waals surface area contributed by atoms with Crippen LogP contribution in [0.15, 0.2) is 12.4 Å². The molecule has 3 rings (SSSR count). The average Bonchev–Trinajstić information content (AvgIpc) is 3.00. The Morgan fingerprint density at radius 3 is 3.00 bits per heavy atom. The number of aryl methyl sites for hydroxylation is 1. The second-order valence-electron chi connectivity index (χ2n) is 6.43. The Kier molecular flexibility index (Phi) is 4.62. The lowest BCUT2D eigenvalue weighted by Crippen LogP contribution is -2.37. The molecule has 1 aliphatic heterocycles. The van der Waals surface area contributed by atoms with E-state index < -0.39 is 0 Å². The molecule has 0 aromatic carbocycles. The van der Waals surface area contributed by atoms with E-state index in [0.29, 0.717) is 5.41 Å². The number of aromatic nitrogens is 2. The van der Waals surface area contributed by atoms with E-state index in [2.05, 4.69) is 32.9 Å². The number of piperidine rings is 1. The van der Waals surface area contributed by atoms with Gasteiger partial charge in [0.05, 0.1) is 13.2 Å². The van der Waals surface area contributed by atoms with Gasteiger partial charge in [-0.25, -0.2) is 4.98 Å². The predicted octanol–water partition coefficient (Wildman–Crippen LogP) is 1.49. The van der Waals surface area contributed by atoms with E-state index in [-0.39, 0.29) is 0 Å². The number of nitrogens with zero attached hydrogens (tertiary/aromatic N) is 3. The Hall–Kier alpha value is -0.910. The largest absolute Gasteiger partial charge is 0.383 e. The van der Waals surface area contributed by atoms with Crippen LogP contribution in [0.1, 0.15) is 32.0 Å². The summed E-state index contributed by atoms with van der Waals surface area (Å²) in [7, 11) is 1.79. The first kappa shape index (κ1) is 15.0. The molecule has 1 saturated heterocycles. The van der Waals surface area contributed by atoms with Crippen molar-refractivity contribution < 1.29 is 4.74 Å². The lowest BCUT2D eigenvalue weighted by molar-refractivity contribution is 0.121. The molecule has 2 heterocycles. The number of hydrogen-bond acceptors (Lipinski definition) is 4. The van der Waals surface area contributed by atoms with Crippen LogP contribution in [0, 0.1) is 5.41 Å². The van der Waals surface area contributed by atoms with Gasteiger partial charge >= 0.3 is 0 Å². The third-order valence-electron chi connectivity index (χ3n) is 5.26. The topological polar surface area (TPSA) is 42.3 Å². The van der Waals surface area contributed by atoms with Gasteiger partial charge in [-0.1, -0.05) is 0 Å². The van der Waals surface area contributed by atoms with E-state index in [1.165, 1.54) is 38.2 Å². The maximum atomic E-state index is 5.32. The van der Waals surface area contributed by atoms with Crippen molar-refractivity contribution in [1.82, 2.24) is 19.8 Å². The van der Waals surface area contributed by atoms with Crippen LogP contribution in [0.5, 0.6) is 0 Å². The lowest BCUT2D eigenvalue weighted by Gasteiger charge is -2.29. The van der Waals surface area contributed by atoms with Gasteiger partial charge in [0.15, 0.2) is 0 Å². The number of imidazole rings is 1. The minimum Gasteiger partial charge on any atom is -0.383 e. The van der Waals surface area contributed by atoms with Crippen molar-refractivity contribution in [2.45, 2.75) is 45.3 Å². The SMILES string of the molecule is CCn1ccnc1CN(CCOC)[C@@H]1CC12CCNCC2. The standard InChI is InChI=1S/C16H28N4O/c1-3-19-9-8-18-15(19)13-20(10-11-21-2)14-12-16(14)4-6-17-7-5-16/h8-9,14,17H,3-7,10-13H2,1-2H3/t14-/m1/s1. The molecule has 1 aromatic rings. The van der Waals surface area contributed by atoms with Gasteiger partial charge < -0.3 is 14.6 Å². The maximum absolute atomic E-state index is 5.32.